The van der Waals surface area contributed by atoms with Gasteiger partial charge in [0.25, 0.3) is 0 Å². The fraction of sp³-hybridized carbons (Fsp3) is 0.320. The summed E-state index contributed by atoms with van der Waals surface area (Å²) in [5.74, 6) is 7.17. The third-order valence-corrected chi connectivity index (χ3v) is 4.26. The predicted octanol–water partition coefficient (Wildman–Crippen LogP) is 4.50. The molecule has 0 saturated heterocycles. The lowest BCUT2D eigenvalue weighted by molar-refractivity contribution is -0.135. The van der Waals surface area contributed by atoms with E-state index in [1.807, 2.05) is 24.3 Å². The standard InChI is InChI=1S/C25H28O6/c1-5-6-15-30-22-13-10-20(18-24(22)29-4)11-14-25(26)31-16-7-8-19-9-12-21(27-2)23(17-19)28-3/h7-10,12-13,17-18H,5-6,15-16H2,1-4H3/b8-7+. The zero-order valence-electron chi connectivity index (χ0n) is 18.4. The summed E-state index contributed by atoms with van der Waals surface area (Å²) in [4.78, 5) is 11.9. The molecule has 0 fully saturated rings. The van der Waals surface area contributed by atoms with Gasteiger partial charge in [0.05, 0.1) is 27.9 Å². The van der Waals surface area contributed by atoms with Crippen molar-refractivity contribution in [2.45, 2.75) is 19.8 Å². The molecule has 0 amide bonds. The molecule has 0 aliphatic rings. The Bertz CT molecular complexity index is 952. The van der Waals surface area contributed by atoms with E-state index in [-0.39, 0.29) is 6.61 Å². The Balaban J connectivity index is 1.90. The van der Waals surface area contributed by atoms with Crippen LogP contribution in [0.3, 0.4) is 0 Å². The van der Waals surface area contributed by atoms with Crippen LogP contribution in [0.1, 0.15) is 30.9 Å². The molecule has 2 rings (SSSR count). The van der Waals surface area contributed by atoms with E-state index in [0.717, 1.165) is 18.4 Å². The van der Waals surface area contributed by atoms with Gasteiger partial charge < -0.3 is 23.7 Å². The van der Waals surface area contributed by atoms with Crippen molar-refractivity contribution in [1.82, 2.24) is 0 Å². The molecule has 0 unspecified atom stereocenters. The highest BCUT2D eigenvalue weighted by atomic mass is 16.5. The second-order valence-electron chi connectivity index (χ2n) is 6.43. The zero-order chi connectivity index (χ0) is 22.5. The molecule has 6 heteroatoms. The van der Waals surface area contributed by atoms with Crippen molar-refractivity contribution in [3.8, 4) is 34.8 Å². The summed E-state index contributed by atoms with van der Waals surface area (Å²) in [7, 11) is 4.73. The molecule has 0 N–H and O–H groups in total. The fourth-order valence-corrected chi connectivity index (χ4v) is 2.61. The quantitative estimate of drug-likeness (QED) is 0.318. The van der Waals surface area contributed by atoms with E-state index in [4.69, 9.17) is 23.7 Å². The van der Waals surface area contributed by atoms with Gasteiger partial charge in [-0.15, -0.1) is 0 Å². The van der Waals surface area contributed by atoms with E-state index < -0.39 is 5.97 Å². The Morgan fingerprint density at radius 1 is 0.935 bits per heavy atom. The molecule has 0 aromatic heterocycles. The first-order valence-electron chi connectivity index (χ1n) is 9.99. The molecule has 0 saturated carbocycles. The molecule has 0 radical (unpaired) electrons. The summed E-state index contributed by atoms with van der Waals surface area (Å²) in [5.41, 5.74) is 1.53. The Morgan fingerprint density at radius 3 is 2.35 bits per heavy atom. The molecule has 0 heterocycles. The average molecular weight is 424 g/mol. The highest BCUT2D eigenvalue weighted by Gasteiger charge is 2.05. The summed E-state index contributed by atoms with van der Waals surface area (Å²) in [6.45, 7) is 2.83. The summed E-state index contributed by atoms with van der Waals surface area (Å²) in [6, 6.07) is 10.8. The lowest BCUT2D eigenvalue weighted by atomic mass is 10.2. The van der Waals surface area contributed by atoms with Crippen LogP contribution in [-0.2, 0) is 9.53 Å². The van der Waals surface area contributed by atoms with Gasteiger partial charge in [0.2, 0.25) is 0 Å². The number of rotatable bonds is 10. The Morgan fingerprint density at radius 2 is 1.65 bits per heavy atom. The molecule has 0 atom stereocenters. The topological polar surface area (TPSA) is 63.2 Å². The van der Waals surface area contributed by atoms with Crippen molar-refractivity contribution < 1.29 is 28.5 Å². The Hall–Kier alpha value is -3.59. The molecule has 0 aliphatic carbocycles. The molecule has 0 bridgehead atoms. The molecule has 2 aromatic carbocycles. The van der Waals surface area contributed by atoms with Crippen molar-refractivity contribution in [3.05, 3.63) is 53.6 Å². The highest BCUT2D eigenvalue weighted by molar-refractivity contribution is 5.89. The first-order chi connectivity index (χ1) is 15.1. The Kier molecular flexibility index (Phi) is 9.83. The lowest BCUT2D eigenvalue weighted by Gasteiger charge is -2.10. The number of carbonyl (C=O) groups is 1. The first kappa shape index (κ1) is 23.7. The number of methoxy groups -OCH3 is 3. The van der Waals surface area contributed by atoms with Crippen LogP contribution in [0.5, 0.6) is 23.0 Å². The molecule has 31 heavy (non-hydrogen) atoms. The van der Waals surface area contributed by atoms with Gasteiger partial charge in [0.15, 0.2) is 23.0 Å². The minimum Gasteiger partial charge on any atom is -0.493 e. The van der Waals surface area contributed by atoms with Gasteiger partial charge in [-0.05, 0) is 48.4 Å². The molecule has 0 aliphatic heterocycles. The van der Waals surface area contributed by atoms with Crippen molar-refractivity contribution in [2.75, 3.05) is 34.5 Å². The van der Waals surface area contributed by atoms with E-state index in [2.05, 4.69) is 18.8 Å². The largest absolute Gasteiger partial charge is 0.493 e. The smallest absolute Gasteiger partial charge is 0.385 e. The normalized spacial score (nSPS) is 10.2. The van der Waals surface area contributed by atoms with E-state index in [0.29, 0.717) is 35.2 Å². The average Bonchev–Trinajstić information content (AvgIpc) is 2.80. The van der Waals surface area contributed by atoms with Gasteiger partial charge in [-0.25, -0.2) is 4.79 Å². The van der Waals surface area contributed by atoms with Gasteiger partial charge in [-0.2, -0.15) is 0 Å². The number of esters is 1. The minimum absolute atomic E-state index is 0.107. The first-order valence-corrected chi connectivity index (χ1v) is 9.99. The highest BCUT2D eigenvalue weighted by Crippen LogP contribution is 2.28. The molecule has 6 nitrogen and oxygen atoms in total. The number of hydrogen-bond donors (Lipinski definition) is 0. The van der Waals surface area contributed by atoms with Crippen LogP contribution in [0.25, 0.3) is 6.08 Å². The molecular formula is C25H28O6. The van der Waals surface area contributed by atoms with E-state index in [1.165, 1.54) is 0 Å². The number of hydrogen-bond acceptors (Lipinski definition) is 6. The summed E-state index contributed by atoms with van der Waals surface area (Å²) in [5, 5.41) is 0. The maximum absolute atomic E-state index is 11.9. The van der Waals surface area contributed by atoms with Crippen molar-refractivity contribution in [1.29, 1.82) is 0 Å². The molecule has 164 valence electrons. The van der Waals surface area contributed by atoms with Crippen LogP contribution in [-0.4, -0.2) is 40.5 Å². The van der Waals surface area contributed by atoms with E-state index in [1.54, 1.807) is 45.6 Å². The number of unbranched alkanes of at least 4 members (excludes halogenated alkanes) is 1. The monoisotopic (exact) mass is 424 g/mol. The minimum atomic E-state index is -0.612. The third kappa shape index (κ3) is 7.63. The third-order valence-electron chi connectivity index (χ3n) is 4.26. The maximum Gasteiger partial charge on any atom is 0.385 e. The van der Waals surface area contributed by atoms with Gasteiger partial charge in [0.1, 0.15) is 6.61 Å². The van der Waals surface area contributed by atoms with Crippen LogP contribution in [0.2, 0.25) is 0 Å². The van der Waals surface area contributed by atoms with Crippen LogP contribution >= 0.6 is 0 Å². The summed E-state index contributed by atoms with van der Waals surface area (Å²) < 4.78 is 26.6. The van der Waals surface area contributed by atoms with Crippen LogP contribution < -0.4 is 18.9 Å². The number of carbonyl (C=O) groups excluding carboxylic acids is 1. The van der Waals surface area contributed by atoms with E-state index in [9.17, 15) is 4.79 Å². The second-order valence-corrected chi connectivity index (χ2v) is 6.43. The number of ether oxygens (including phenoxy) is 5. The van der Waals surface area contributed by atoms with Gasteiger partial charge in [-0.3, -0.25) is 0 Å². The van der Waals surface area contributed by atoms with Gasteiger partial charge in [0, 0.05) is 11.5 Å². The van der Waals surface area contributed by atoms with Crippen molar-refractivity contribution >= 4 is 12.0 Å². The second kappa shape index (κ2) is 12.9. The van der Waals surface area contributed by atoms with Crippen LogP contribution in [0.15, 0.2) is 42.5 Å². The molecule has 0 spiro atoms. The lowest BCUT2D eigenvalue weighted by Crippen LogP contribution is -2.01. The van der Waals surface area contributed by atoms with Crippen molar-refractivity contribution in [3.63, 3.8) is 0 Å². The van der Waals surface area contributed by atoms with Crippen molar-refractivity contribution in [2.24, 2.45) is 0 Å². The van der Waals surface area contributed by atoms with E-state index >= 15 is 0 Å². The van der Waals surface area contributed by atoms with Gasteiger partial charge in [-0.1, -0.05) is 31.4 Å². The summed E-state index contributed by atoms with van der Waals surface area (Å²) >= 11 is 0. The molecule has 2 aromatic rings. The van der Waals surface area contributed by atoms with Gasteiger partial charge >= 0.3 is 5.97 Å². The zero-order valence-corrected chi connectivity index (χ0v) is 18.4. The molecular weight excluding hydrogens is 396 g/mol. The Labute approximate surface area is 183 Å². The number of benzene rings is 2. The SMILES string of the molecule is CCCCOc1ccc(C#CC(=O)OC/C=C/c2ccc(OC)c(OC)c2)cc1OC. The van der Waals surface area contributed by atoms with Crippen LogP contribution in [0.4, 0.5) is 0 Å². The fourth-order valence-electron chi connectivity index (χ4n) is 2.61. The predicted molar refractivity (Wildman–Crippen MR) is 120 cm³/mol. The maximum atomic E-state index is 11.9. The summed E-state index contributed by atoms with van der Waals surface area (Å²) in [6.07, 6.45) is 5.57. The van der Waals surface area contributed by atoms with Crippen LogP contribution in [0, 0.1) is 11.8 Å².